The van der Waals surface area contributed by atoms with Gasteiger partial charge in [-0.1, -0.05) is 79.7 Å². The molecule has 0 amide bonds. The van der Waals surface area contributed by atoms with Crippen LogP contribution in [0, 0.1) is 34.5 Å². The number of hydrogen-bond donors (Lipinski definition) is 0. The molecule has 35 heavy (non-hydrogen) atoms. The zero-order valence-corrected chi connectivity index (χ0v) is 22.7. The molecule has 0 aliphatic rings. The first-order valence-electron chi connectivity index (χ1n) is 13.1. The molecule has 6 nitrogen and oxygen atoms in total. The second-order valence-corrected chi connectivity index (χ2v) is 12.4. The van der Waals surface area contributed by atoms with Gasteiger partial charge in [0.05, 0.1) is 13.1 Å². The number of aromatic nitrogens is 6. The standard InChI is InChI=1S/C29H42N6/c1-20(2)22(28(5,6)18-34-30-24-13-9-10-14-25(24)31-34)17-23(21(3)4)29(7,8)19-35-32-26-15-11-12-16-27(26)33-35/h9-16,20-23H,17-19H2,1-8H3. The molecule has 0 spiro atoms. The Hall–Kier alpha value is -2.76. The third kappa shape index (κ3) is 5.57. The van der Waals surface area contributed by atoms with Crippen LogP contribution >= 0.6 is 0 Å². The molecule has 2 aromatic heterocycles. The SMILES string of the molecule is CC(C)C(CC(C(C)C)C(C)(C)Cn1nc2ccccc2n1)C(C)(C)Cn1nc2ccccc2n1. The molecule has 188 valence electrons. The average molecular weight is 475 g/mol. The van der Waals surface area contributed by atoms with Crippen molar-refractivity contribution in [2.45, 2.75) is 74.9 Å². The fourth-order valence-electron chi connectivity index (χ4n) is 6.17. The minimum atomic E-state index is 0.0467. The third-order valence-corrected chi connectivity index (χ3v) is 7.88. The van der Waals surface area contributed by atoms with Crippen LogP contribution < -0.4 is 0 Å². The Morgan fingerprint density at radius 2 is 0.857 bits per heavy atom. The Morgan fingerprint density at radius 1 is 0.571 bits per heavy atom. The van der Waals surface area contributed by atoms with Crippen LogP contribution in [0.4, 0.5) is 0 Å². The van der Waals surface area contributed by atoms with Gasteiger partial charge in [0, 0.05) is 0 Å². The van der Waals surface area contributed by atoms with Gasteiger partial charge < -0.3 is 0 Å². The lowest BCUT2D eigenvalue weighted by Crippen LogP contribution is -2.40. The Bertz CT molecular complexity index is 1100. The van der Waals surface area contributed by atoms with Crippen LogP contribution in [0.15, 0.2) is 48.5 Å². The van der Waals surface area contributed by atoms with E-state index in [-0.39, 0.29) is 10.8 Å². The summed E-state index contributed by atoms with van der Waals surface area (Å²) in [6, 6.07) is 16.2. The maximum Gasteiger partial charge on any atom is 0.113 e. The molecule has 4 rings (SSSR count). The summed E-state index contributed by atoms with van der Waals surface area (Å²) >= 11 is 0. The zero-order chi connectivity index (χ0) is 25.4. The molecule has 0 fully saturated rings. The summed E-state index contributed by atoms with van der Waals surface area (Å²) in [5.41, 5.74) is 3.94. The summed E-state index contributed by atoms with van der Waals surface area (Å²) in [4.78, 5) is 3.82. The van der Waals surface area contributed by atoms with E-state index in [0.717, 1.165) is 41.6 Å². The van der Waals surface area contributed by atoms with Crippen molar-refractivity contribution in [1.29, 1.82) is 0 Å². The highest BCUT2D eigenvalue weighted by atomic mass is 15.5. The van der Waals surface area contributed by atoms with E-state index >= 15 is 0 Å². The lowest BCUT2D eigenvalue weighted by atomic mass is 9.62. The van der Waals surface area contributed by atoms with Crippen molar-refractivity contribution in [3.63, 3.8) is 0 Å². The van der Waals surface area contributed by atoms with Gasteiger partial charge in [0.1, 0.15) is 22.1 Å². The van der Waals surface area contributed by atoms with E-state index < -0.39 is 0 Å². The fraction of sp³-hybridized carbons (Fsp3) is 0.586. The molecule has 0 saturated heterocycles. The highest BCUT2D eigenvalue weighted by Crippen LogP contribution is 2.45. The van der Waals surface area contributed by atoms with Crippen LogP contribution in [0.1, 0.15) is 61.8 Å². The molecule has 2 aromatic carbocycles. The normalized spacial score (nSPS) is 14.9. The van der Waals surface area contributed by atoms with Gasteiger partial charge in [-0.15, -0.1) is 0 Å². The summed E-state index contributed by atoms with van der Waals surface area (Å²) in [6.07, 6.45) is 1.15. The van der Waals surface area contributed by atoms with Crippen molar-refractivity contribution in [2.75, 3.05) is 0 Å². The van der Waals surface area contributed by atoms with Gasteiger partial charge in [0.25, 0.3) is 0 Å². The van der Waals surface area contributed by atoms with Crippen LogP contribution in [0.3, 0.4) is 0 Å². The number of fused-ring (bicyclic) bond motifs is 2. The molecular weight excluding hydrogens is 432 g/mol. The van der Waals surface area contributed by atoms with E-state index in [1.165, 1.54) is 0 Å². The molecule has 0 bridgehead atoms. The molecule has 0 saturated carbocycles. The van der Waals surface area contributed by atoms with Gasteiger partial charge >= 0.3 is 0 Å². The molecule has 0 aliphatic carbocycles. The van der Waals surface area contributed by atoms with E-state index in [4.69, 9.17) is 20.4 Å². The van der Waals surface area contributed by atoms with Crippen molar-refractivity contribution in [1.82, 2.24) is 30.0 Å². The van der Waals surface area contributed by atoms with Crippen molar-refractivity contribution in [3.8, 4) is 0 Å². The molecule has 2 atom stereocenters. The average Bonchev–Trinajstić information content (AvgIpc) is 3.34. The van der Waals surface area contributed by atoms with Gasteiger partial charge in [-0.2, -0.15) is 30.0 Å². The summed E-state index contributed by atoms with van der Waals surface area (Å²) in [5, 5.41) is 19.1. The zero-order valence-electron chi connectivity index (χ0n) is 22.7. The number of benzene rings is 2. The predicted octanol–water partition coefficient (Wildman–Crippen LogP) is 6.86. The number of rotatable bonds is 10. The van der Waals surface area contributed by atoms with Gasteiger partial charge in [0.15, 0.2) is 0 Å². The minimum absolute atomic E-state index is 0.0467. The molecule has 2 heterocycles. The smallest absolute Gasteiger partial charge is 0.113 e. The van der Waals surface area contributed by atoms with E-state index in [9.17, 15) is 0 Å². The second kappa shape index (κ2) is 9.71. The molecule has 2 unspecified atom stereocenters. The van der Waals surface area contributed by atoms with E-state index in [1.54, 1.807) is 0 Å². The monoisotopic (exact) mass is 474 g/mol. The minimum Gasteiger partial charge on any atom is -0.183 e. The van der Waals surface area contributed by atoms with Gasteiger partial charge in [-0.25, -0.2) is 0 Å². The number of hydrogen-bond acceptors (Lipinski definition) is 4. The van der Waals surface area contributed by atoms with Crippen LogP contribution in [0.25, 0.3) is 22.1 Å². The van der Waals surface area contributed by atoms with Gasteiger partial charge in [0.2, 0.25) is 0 Å². The molecule has 0 N–H and O–H groups in total. The second-order valence-electron chi connectivity index (χ2n) is 12.4. The molecule has 6 heteroatoms. The Labute approximate surface area is 210 Å². The van der Waals surface area contributed by atoms with Crippen molar-refractivity contribution in [3.05, 3.63) is 48.5 Å². The topological polar surface area (TPSA) is 61.4 Å². The summed E-state index contributed by atoms with van der Waals surface area (Å²) in [7, 11) is 0. The largest absolute Gasteiger partial charge is 0.183 e. The quantitative estimate of drug-likeness (QED) is 0.252. The van der Waals surface area contributed by atoms with E-state index in [1.807, 2.05) is 58.1 Å². The molecule has 0 aliphatic heterocycles. The fourth-order valence-corrected chi connectivity index (χ4v) is 6.17. The van der Waals surface area contributed by atoms with E-state index in [0.29, 0.717) is 23.7 Å². The molecule has 0 radical (unpaired) electrons. The van der Waals surface area contributed by atoms with Gasteiger partial charge in [-0.05, 0) is 65.2 Å². The maximum absolute atomic E-state index is 4.76. The maximum atomic E-state index is 4.76. The van der Waals surface area contributed by atoms with Crippen molar-refractivity contribution < 1.29 is 0 Å². The van der Waals surface area contributed by atoms with Crippen LogP contribution in [-0.2, 0) is 13.1 Å². The Morgan fingerprint density at radius 3 is 1.11 bits per heavy atom. The Balaban J connectivity index is 1.56. The first-order valence-corrected chi connectivity index (χ1v) is 13.1. The number of nitrogens with zero attached hydrogens (tertiary/aromatic N) is 6. The summed E-state index contributed by atoms with van der Waals surface area (Å²) in [5.74, 6) is 2.15. The Kier molecular flexibility index (Phi) is 7.03. The predicted molar refractivity (Wildman–Crippen MR) is 144 cm³/mol. The van der Waals surface area contributed by atoms with Crippen molar-refractivity contribution >= 4 is 22.1 Å². The molecular formula is C29H42N6. The molecule has 4 aromatic rings. The first-order chi connectivity index (χ1) is 16.5. The van der Waals surface area contributed by atoms with Crippen LogP contribution in [-0.4, -0.2) is 30.0 Å². The van der Waals surface area contributed by atoms with Gasteiger partial charge in [-0.3, -0.25) is 0 Å². The lowest BCUT2D eigenvalue weighted by Gasteiger charge is -2.44. The van der Waals surface area contributed by atoms with E-state index in [2.05, 4.69) is 55.4 Å². The van der Waals surface area contributed by atoms with Crippen LogP contribution in [0.5, 0.6) is 0 Å². The highest BCUT2D eigenvalue weighted by Gasteiger charge is 2.40. The third-order valence-electron chi connectivity index (χ3n) is 7.88. The van der Waals surface area contributed by atoms with Crippen LogP contribution in [0.2, 0.25) is 0 Å². The summed E-state index contributed by atoms with van der Waals surface area (Å²) < 4.78 is 0. The lowest BCUT2D eigenvalue weighted by molar-refractivity contribution is 0.0328. The highest BCUT2D eigenvalue weighted by molar-refractivity contribution is 5.73. The first kappa shape index (κ1) is 25.3. The summed E-state index contributed by atoms with van der Waals surface area (Å²) in [6.45, 7) is 20.6. The van der Waals surface area contributed by atoms with Crippen molar-refractivity contribution in [2.24, 2.45) is 34.5 Å².